The van der Waals surface area contributed by atoms with Crippen molar-refractivity contribution in [2.75, 3.05) is 19.8 Å². The first kappa shape index (κ1) is 24.0. The van der Waals surface area contributed by atoms with Gasteiger partial charge in [-0.15, -0.1) is 0 Å². The number of hydrogen-bond donors (Lipinski definition) is 1. The fourth-order valence-corrected chi connectivity index (χ4v) is 6.03. The number of allylic oxidation sites excluding steroid dienone is 1. The highest BCUT2D eigenvalue weighted by molar-refractivity contribution is 5.99. The molecule has 1 unspecified atom stereocenters. The molecule has 1 N–H and O–H groups in total. The van der Waals surface area contributed by atoms with E-state index in [0.29, 0.717) is 19.6 Å². The summed E-state index contributed by atoms with van der Waals surface area (Å²) >= 11 is 0. The third kappa shape index (κ3) is 3.62. The Balaban J connectivity index is 1.90. The van der Waals surface area contributed by atoms with Crippen molar-refractivity contribution in [2.24, 2.45) is 11.8 Å². The summed E-state index contributed by atoms with van der Waals surface area (Å²) in [5, 5.41) is 10.1. The van der Waals surface area contributed by atoms with Gasteiger partial charge in [0, 0.05) is 12.6 Å². The van der Waals surface area contributed by atoms with E-state index < -0.39 is 41.1 Å². The monoisotopic (exact) mass is 460 g/mol. The summed E-state index contributed by atoms with van der Waals surface area (Å²) in [4.78, 5) is 44.5. The van der Waals surface area contributed by atoms with Gasteiger partial charge in [-0.05, 0) is 46.5 Å². The van der Waals surface area contributed by atoms with Crippen molar-refractivity contribution in [2.45, 2.75) is 82.7 Å². The van der Waals surface area contributed by atoms with Crippen molar-refractivity contribution in [3.63, 3.8) is 0 Å². The Morgan fingerprint density at radius 3 is 2.55 bits per heavy atom. The van der Waals surface area contributed by atoms with Gasteiger partial charge >= 0.3 is 5.97 Å². The van der Waals surface area contributed by atoms with Gasteiger partial charge in [-0.1, -0.05) is 31.2 Å². The lowest BCUT2D eigenvalue weighted by Gasteiger charge is -2.40. The topological polar surface area (TPSA) is 96.4 Å². The van der Waals surface area contributed by atoms with E-state index in [9.17, 15) is 19.5 Å². The molecule has 4 aliphatic rings. The van der Waals surface area contributed by atoms with E-state index in [2.05, 4.69) is 0 Å². The van der Waals surface area contributed by atoms with Crippen LogP contribution < -0.4 is 0 Å². The molecule has 2 amide bonds. The Hall–Kier alpha value is -2.19. The number of fused-ring (bicyclic) bond motifs is 2. The minimum atomic E-state index is -1.31. The predicted octanol–water partition coefficient (Wildman–Crippen LogP) is 1.82. The number of esters is 1. The van der Waals surface area contributed by atoms with Gasteiger partial charge in [-0.3, -0.25) is 14.4 Å². The van der Waals surface area contributed by atoms with Crippen LogP contribution in [0.5, 0.6) is 0 Å². The number of hydrogen-bond acceptors (Lipinski definition) is 6. The summed E-state index contributed by atoms with van der Waals surface area (Å²) in [6.07, 6.45) is 10.5. The number of ether oxygens (including phenoxy) is 2. The Morgan fingerprint density at radius 2 is 1.88 bits per heavy atom. The highest BCUT2D eigenvalue weighted by Gasteiger charge is 2.75. The lowest BCUT2D eigenvalue weighted by atomic mass is 9.74. The summed E-state index contributed by atoms with van der Waals surface area (Å²) in [5.74, 6) is -2.81. The van der Waals surface area contributed by atoms with Crippen molar-refractivity contribution < 1.29 is 29.0 Å². The quantitative estimate of drug-likeness (QED) is 0.508. The first-order valence-corrected chi connectivity index (χ1v) is 12.2. The molecule has 0 saturated carbocycles. The summed E-state index contributed by atoms with van der Waals surface area (Å²) in [7, 11) is 0. The van der Waals surface area contributed by atoms with E-state index in [1.54, 1.807) is 4.90 Å². The predicted molar refractivity (Wildman–Crippen MR) is 121 cm³/mol. The molecule has 2 saturated heterocycles. The molecule has 2 fully saturated rings. The lowest BCUT2D eigenvalue weighted by molar-refractivity contribution is -0.162. The minimum absolute atomic E-state index is 0.0786. The van der Waals surface area contributed by atoms with E-state index in [1.165, 1.54) is 4.90 Å². The summed E-state index contributed by atoms with van der Waals surface area (Å²) in [6.45, 7) is 7.97. The molecule has 33 heavy (non-hydrogen) atoms. The molecule has 0 aromatic carbocycles. The Morgan fingerprint density at radius 1 is 1.12 bits per heavy atom. The highest BCUT2D eigenvalue weighted by Crippen LogP contribution is 2.57. The van der Waals surface area contributed by atoms with Crippen LogP contribution in [0.2, 0.25) is 0 Å². The Kier molecular flexibility index (Phi) is 6.44. The van der Waals surface area contributed by atoms with E-state index in [4.69, 9.17) is 9.47 Å². The zero-order chi connectivity index (χ0) is 24.0. The Labute approximate surface area is 195 Å². The van der Waals surface area contributed by atoms with Crippen LogP contribution in [0.1, 0.15) is 53.4 Å². The van der Waals surface area contributed by atoms with E-state index in [0.717, 1.165) is 19.3 Å². The number of aliphatic hydroxyl groups excluding tert-OH is 1. The van der Waals surface area contributed by atoms with Gasteiger partial charge in [-0.25, -0.2) is 0 Å². The summed E-state index contributed by atoms with van der Waals surface area (Å²) < 4.78 is 12.3. The van der Waals surface area contributed by atoms with Crippen LogP contribution in [0.4, 0.5) is 0 Å². The second-order valence-corrected chi connectivity index (χ2v) is 10.0. The van der Waals surface area contributed by atoms with Crippen LogP contribution in [0, 0.1) is 11.8 Å². The summed E-state index contributed by atoms with van der Waals surface area (Å²) in [5.41, 5.74) is -2.39. The summed E-state index contributed by atoms with van der Waals surface area (Å²) in [6, 6.07) is -1.58. The molecular weight excluding hydrogens is 424 g/mol. The second kappa shape index (κ2) is 8.87. The molecule has 4 aliphatic heterocycles. The van der Waals surface area contributed by atoms with Crippen LogP contribution in [-0.4, -0.2) is 81.8 Å². The molecule has 8 nitrogen and oxygen atoms in total. The smallest absolute Gasteiger partial charge is 0.313 e. The number of aliphatic hydroxyl groups is 1. The number of carbonyl (C=O) groups is 3. The number of amides is 2. The number of likely N-dealkylation sites (tertiary alicyclic amines) is 1. The van der Waals surface area contributed by atoms with Gasteiger partial charge < -0.3 is 24.4 Å². The van der Waals surface area contributed by atoms with Gasteiger partial charge in [0.1, 0.15) is 17.6 Å². The molecule has 6 atom stereocenters. The van der Waals surface area contributed by atoms with E-state index >= 15 is 0 Å². The van der Waals surface area contributed by atoms with Crippen molar-refractivity contribution in [3.05, 3.63) is 24.3 Å². The third-order valence-electron chi connectivity index (χ3n) is 7.67. The molecule has 0 aromatic rings. The average molecular weight is 461 g/mol. The highest BCUT2D eigenvalue weighted by atomic mass is 16.6. The van der Waals surface area contributed by atoms with Crippen molar-refractivity contribution in [1.82, 2.24) is 9.80 Å². The zero-order valence-electron chi connectivity index (χ0n) is 20.0. The third-order valence-corrected chi connectivity index (χ3v) is 7.67. The first-order valence-electron chi connectivity index (χ1n) is 12.2. The minimum Gasteiger partial charge on any atom is -0.465 e. The van der Waals surface area contributed by atoms with Crippen molar-refractivity contribution >= 4 is 17.8 Å². The fraction of sp³-hybridized carbons (Fsp3) is 0.720. The van der Waals surface area contributed by atoms with Crippen LogP contribution in [0.25, 0.3) is 0 Å². The normalized spacial score (nSPS) is 38.5. The van der Waals surface area contributed by atoms with Crippen LogP contribution >= 0.6 is 0 Å². The van der Waals surface area contributed by atoms with Crippen LogP contribution in [0.15, 0.2) is 24.3 Å². The van der Waals surface area contributed by atoms with Crippen molar-refractivity contribution in [1.29, 1.82) is 0 Å². The average Bonchev–Trinajstić information content (AvgIpc) is 3.09. The van der Waals surface area contributed by atoms with Gasteiger partial charge in [0.25, 0.3) is 0 Å². The molecule has 0 radical (unpaired) electrons. The lowest BCUT2D eigenvalue weighted by Crippen LogP contribution is -2.59. The van der Waals surface area contributed by atoms with Gasteiger partial charge in [0.05, 0.1) is 30.8 Å². The van der Waals surface area contributed by atoms with Gasteiger partial charge in [0.2, 0.25) is 11.8 Å². The maximum absolute atomic E-state index is 14.0. The number of cyclic esters (lactones) is 1. The van der Waals surface area contributed by atoms with Crippen LogP contribution in [-0.2, 0) is 23.9 Å². The molecule has 0 aliphatic carbocycles. The molecule has 4 rings (SSSR count). The van der Waals surface area contributed by atoms with E-state index in [-0.39, 0.29) is 24.5 Å². The maximum Gasteiger partial charge on any atom is 0.313 e. The first-order chi connectivity index (χ1) is 15.7. The zero-order valence-corrected chi connectivity index (χ0v) is 20.0. The van der Waals surface area contributed by atoms with E-state index in [1.807, 2.05) is 52.0 Å². The number of rotatable bonds is 4. The molecule has 0 bridgehead atoms. The largest absolute Gasteiger partial charge is 0.465 e. The van der Waals surface area contributed by atoms with Gasteiger partial charge in [0.15, 0.2) is 0 Å². The SMILES string of the molecule is CC[C@@H](CO)N1C(=O)[C@@H]2[C@H]3C(=O)OCCCC/C=C\[C@@]3(C)O[C@@]23C=CCN(C(C)C)C(=O)C13. The van der Waals surface area contributed by atoms with Crippen LogP contribution in [0.3, 0.4) is 0 Å². The number of carbonyl (C=O) groups excluding carboxylic acids is 3. The molecule has 1 spiro atoms. The van der Waals surface area contributed by atoms with Gasteiger partial charge in [-0.2, -0.15) is 0 Å². The number of nitrogens with zero attached hydrogens (tertiary/aromatic N) is 2. The standard InChI is InChI=1S/C25H36N2O6/c1-5-17(15-28)27-20-22(30)26(16(2)3)13-10-12-25(20)18(21(27)29)19-23(31)32-14-9-7-6-8-11-24(19,4)33-25/h8,10-12,16-20,28H,5-7,9,13-15H2,1-4H3/b11-8-/t17-,18-,19-,20?,24+,25-/m0/s1. The molecule has 4 heterocycles. The fourth-order valence-electron chi connectivity index (χ4n) is 6.03. The Bertz CT molecular complexity index is 865. The molecule has 0 aromatic heterocycles. The van der Waals surface area contributed by atoms with Crippen molar-refractivity contribution in [3.8, 4) is 0 Å². The molecule has 182 valence electrons. The second-order valence-electron chi connectivity index (χ2n) is 10.0. The molecular formula is C25H36N2O6. The molecule has 8 heteroatoms. The maximum atomic E-state index is 14.0.